The Bertz CT molecular complexity index is 349. The fourth-order valence-corrected chi connectivity index (χ4v) is 1.09. The van der Waals surface area contributed by atoms with Gasteiger partial charge in [-0.15, -0.1) is 0 Å². The van der Waals surface area contributed by atoms with Gasteiger partial charge in [0.15, 0.2) is 0 Å². The number of aromatic nitrogens is 1. The minimum Gasteiger partial charge on any atom is -0.373 e. The first-order chi connectivity index (χ1) is 7.90. The molecule has 1 rings (SSSR count). The van der Waals surface area contributed by atoms with Gasteiger partial charge in [-0.1, -0.05) is 13.8 Å². The standard InChI is InChI=1S/C9H15N3.C4H8O/c1-6-4-8(7(2)10)5-9(11-3)12-6;1-4(2)3-5/h4-5,7H,10H2,1-3H3,(H,11,12);3-4H,1-2H3. The third-order valence-electron chi connectivity index (χ3n) is 2.03. The minimum atomic E-state index is 0.0683. The SMILES string of the molecule is CC(C)C=O.CNc1cc(C(C)N)cc(C)n1. The second kappa shape index (κ2) is 7.79. The van der Waals surface area contributed by atoms with Gasteiger partial charge in [0, 0.05) is 24.7 Å². The van der Waals surface area contributed by atoms with Crippen LogP contribution < -0.4 is 11.1 Å². The van der Waals surface area contributed by atoms with E-state index in [0.717, 1.165) is 23.4 Å². The lowest BCUT2D eigenvalue weighted by molar-refractivity contribution is -0.110. The van der Waals surface area contributed by atoms with Crippen molar-refractivity contribution in [2.45, 2.75) is 33.7 Å². The molecule has 1 aromatic rings. The van der Waals surface area contributed by atoms with Crippen molar-refractivity contribution >= 4 is 12.1 Å². The molecule has 4 nitrogen and oxygen atoms in total. The van der Waals surface area contributed by atoms with Crippen molar-refractivity contribution in [1.29, 1.82) is 0 Å². The molecule has 0 aliphatic heterocycles. The zero-order valence-corrected chi connectivity index (χ0v) is 11.3. The van der Waals surface area contributed by atoms with Crippen molar-refractivity contribution in [2.75, 3.05) is 12.4 Å². The fraction of sp³-hybridized carbons (Fsp3) is 0.538. The summed E-state index contributed by atoms with van der Waals surface area (Å²) in [6.07, 6.45) is 0.917. The molecule has 0 spiro atoms. The van der Waals surface area contributed by atoms with E-state index in [2.05, 4.69) is 10.3 Å². The minimum absolute atomic E-state index is 0.0683. The highest BCUT2D eigenvalue weighted by atomic mass is 16.1. The van der Waals surface area contributed by atoms with E-state index in [1.165, 1.54) is 0 Å². The Balaban J connectivity index is 0.000000437. The zero-order chi connectivity index (χ0) is 13.4. The summed E-state index contributed by atoms with van der Waals surface area (Å²) in [4.78, 5) is 13.8. The second-order valence-electron chi connectivity index (χ2n) is 4.35. The van der Waals surface area contributed by atoms with Crippen LogP contribution in [0.3, 0.4) is 0 Å². The third kappa shape index (κ3) is 6.68. The summed E-state index contributed by atoms with van der Waals surface area (Å²) in [5.74, 6) is 1.08. The topological polar surface area (TPSA) is 68.0 Å². The lowest BCUT2D eigenvalue weighted by Crippen LogP contribution is -2.07. The van der Waals surface area contributed by atoms with Crippen LogP contribution in [-0.4, -0.2) is 18.3 Å². The molecule has 0 aromatic carbocycles. The average molecular weight is 237 g/mol. The van der Waals surface area contributed by atoms with Gasteiger partial charge in [-0.2, -0.15) is 0 Å². The van der Waals surface area contributed by atoms with Crippen molar-refractivity contribution in [3.05, 3.63) is 23.4 Å². The second-order valence-corrected chi connectivity index (χ2v) is 4.35. The van der Waals surface area contributed by atoms with Crippen molar-refractivity contribution in [3.63, 3.8) is 0 Å². The predicted octanol–water partition coefficient (Wildman–Crippen LogP) is 2.29. The van der Waals surface area contributed by atoms with E-state index in [9.17, 15) is 4.79 Å². The van der Waals surface area contributed by atoms with E-state index in [-0.39, 0.29) is 12.0 Å². The number of hydrogen-bond donors (Lipinski definition) is 2. The van der Waals surface area contributed by atoms with Crippen LogP contribution in [0.2, 0.25) is 0 Å². The van der Waals surface area contributed by atoms with Gasteiger partial charge < -0.3 is 15.8 Å². The van der Waals surface area contributed by atoms with Crippen molar-refractivity contribution in [2.24, 2.45) is 11.7 Å². The Morgan fingerprint density at radius 2 is 1.88 bits per heavy atom. The first kappa shape index (κ1) is 15.6. The van der Waals surface area contributed by atoms with E-state index in [4.69, 9.17) is 5.73 Å². The van der Waals surface area contributed by atoms with Gasteiger partial charge >= 0.3 is 0 Å². The maximum absolute atomic E-state index is 9.50. The van der Waals surface area contributed by atoms with E-state index in [1.54, 1.807) is 0 Å². The molecule has 0 aliphatic rings. The third-order valence-corrected chi connectivity index (χ3v) is 2.03. The van der Waals surface area contributed by atoms with Crippen LogP contribution in [0.4, 0.5) is 5.82 Å². The number of rotatable bonds is 3. The van der Waals surface area contributed by atoms with Crippen LogP contribution in [0.1, 0.15) is 38.1 Å². The van der Waals surface area contributed by atoms with Crippen LogP contribution >= 0.6 is 0 Å². The maximum atomic E-state index is 9.50. The molecule has 0 radical (unpaired) electrons. The van der Waals surface area contributed by atoms with E-state index in [1.807, 2.05) is 46.9 Å². The number of aldehydes is 1. The van der Waals surface area contributed by atoms with E-state index >= 15 is 0 Å². The van der Waals surface area contributed by atoms with Gasteiger partial charge in [0.1, 0.15) is 12.1 Å². The molecule has 0 amide bonds. The van der Waals surface area contributed by atoms with Crippen molar-refractivity contribution in [1.82, 2.24) is 4.98 Å². The molecule has 0 aliphatic carbocycles. The Labute approximate surface area is 104 Å². The Kier molecular flexibility index (Phi) is 7.14. The van der Waals surface area contributed by atoms with Gasteiger partial charge in [-0.05, 0) is 31.5 Å². The molecular weight excluding hydrogens is 214 g/mol. The maximum Gasteiger partial charge on any atom is 0.126 e. The molecule has 4 heteroatoms. The van der Waals surface area contributed by atoms with Crippen LogP contribution in [-0.2, 0) is 4.79 Å². The Hall–Kier alpha value is -1.42. The molecule has 1 unspecified atom stereocenters. The highest BCUT2D eigenvalue weighted by molar-refractivity contribution is 5.51. The monoisotopic (exact) mass is 237 g/mol. The van der Waals surface area contributed by atoms with E-state index in [0.29, 0.717) is 0 Å². The average Bonchev–Trinajstić information content (AvgIpc) is 2.28. The van der Waals surface area contributed by atoms with Gasteiger partial charge in [-0.3, -0.25) is 0 Å². The number of carbonyl (C=O) groups is 1. The molecule has 0 fully saturated rings. The molecule has 1 heterocycles. The number of anilines is 1. The normalized spacial score (nSPS) is 11.5. The Morgan fingerprint density at radius 1 is 1.35 bits per heavy atom. The first-order valence-corrected chi connectivity index (χ1v) is 5.78. The first-order valence-electron chi connectivity index (χ1n) is 5.78. The van der Waals surface area contributed by atoms with Crippen LogP contribution in [0.25, 0.3) is 0 Å². The number of pyridine rings is 1. The highest BCUT2D eigenvalue weighted by Crippen LogP contribution is 2.14. The van der Waals surface area contributed by atoms with Crippen LogP contribution in [0.15, 0.2) is 12.1 Å². The molecule has 17 heavy (non-hydrogen) atoms. The highest BCUT2D eigenvalue weighted by Gasteiger charge is 2.02. The lowest BCUT2D eigenvalue weighted by Gasteiger charge is -2.08. The summed E-state index contributed by atoms with van der Waals surface area (Å²) in [6.45, 7) is 7.64. The number of nitrogens with one attached hydrogen (secondary N) is 1. The molecule has 0 saturated heterocycles. The smallest absolute Gasteiger partial charge is 0.126 e. The quantitative estimate of drug-likeness (QED) is 0.791. The van der Waals surface area contributed by atoms with Gasteiger partial charge in [0.25, 0.3) is 0 Å². The fourth-order valence-electron chi connectivity index (χ4n) is 1.09. The number of hydrogen-bond acceptors (Lipinski definition) is 4. The molecule has 0 bridgehead atoms. The van der Waals surface area contributed by atoms with Gasteiger partial charge in [0.05, 0.1) is 0 Å². The summed E-state index contributed by atoms with van der Waals surface area (Å²) in [5.41, 5.74) is 7.86. The molecule has 3 N–H and O–H groups in total. The zero-order valence-electron chi connectivity index (χ0n) is 11.3. The number of nitrogens with two attached hydrogens (primary N) is 1. The van der Waals surface area contributed by atoms with Gasteiger partial charge in [0.2, 0.25) is 0 Å². The van der Waals surface area contributed by atoms with Crippen LogP contribution in [0.5, 0.6) is 0 Å². The number of carbonyl (C=O) groups excluding carboxylic acids is 1. The van der Waals surface area contributed by atoms with Crippen LogP contribution in [0, 0.1) is 12.8 Å². The summed E-state index contributed by atoms with van der Waals surface area (Å²) in [5, 5.41) is 3.00. The molecule has 0 saturated carbocycles. The summed E-state index contributed by atoms with van der Waals surface area (Å²) >= 11 is 0. The molecule has 1 aromatic heterocycles. The van der Waals surface area contributed by atoms with Gasteiger partial charge in [-0.25, -0.2) is 4.98 Å². The van der Waals surface area contributed by atoms with E-state index < -0.39 is 0 Å². The molecule has 1 atom stereocenters. The summed E-state index contributed by atoms with van der Waals surface area (Å²) in [6, 6.07) is 4.04. The number of nitrogens with zero attached hydrogens (tertiary/aromatic N) is 1. The molecular formula is C13H23N3O. The van der Waals surface area contributed by atoms with Crippen molar-refractivity contribution < 1.29 is 4.79 Å². The number of aryl methyl sites for hydroxylation is 1. The van der Waals surface area contributed by atoms with Crippen molar-refractivity contribution in [3.8, 4) is 0 Å². The summed E-state index contributed by atoms with van der Waals surface area (Å²) in [7, 11) is 1.85. The summed E-state index contributed by atoms with van der Waals surface area (Å²) < 4.78 is 0. The lowest BCUT2D eigenvalue weighted by atomic mass is 10.1. The predicted molar refractivity (Wildman–Crippen MR) is 72.0 cm³/mol. The largest absolute Gasteiger partial charge is 0.373 e. The molecule has 96 valence electrons. The Morgan fingerprint density at radius 3 is 2.24 bits per heavy atom.